The van der Waals surface area contributed by atoms with E-state index in [1.165, 1.54) is 10.9 Å². The average Bonchev–Trinajstić information content (AvgIpc) is 3.41. The molecule has 2 aromatic carbocycles. The van der Waals surface area contributed by atoms with Crippen LogP contribution in [0.15, 0.2) is 48.8 Å². The number of benzene rings is 2. The van der Waals surface area contributed by atoms with Crippen LogP contribution in [-0.2, 0) is 6.54 Å². The van der Waals surface area contributed by atoms with Crippen molar-refractivity contribution in [2.45, 2.75) is 31.5 Å². The molecular formula is C22H25N5O2. The van der Waals surface area contributed by atoms with E-state index in [4.69, 9.17) is 4.74 Å². The molecule has 2 aliphatic rings. The fourth-order valence-corrected chi connectivity index (χ4v) is 4.05. The van der Waals surface area contributed by atoms with Gasteiger partial charge >= 0.3 is 6.01 Å². The van der Waals surface area contributed by atoms with E-state index in [2.05, 4.69) is 50.0 Å². The Bertz CT molecular complexity index is 988. The molecule has 7 heteroatoms. The summed E-state index contributed by atoms with van der Waals surface area (Å²) in [4.78, 5) is 11.0. The zero-order valence-corrected chi connectivity index (χ0v) is 16.2. The highest BCUT2D eigenvalue weighted by Gasteiger charge is 2.20. The number of hydrazine groups is 1. The van der Waals surface area contributed by atoms with Gasteiger partial charge in [0.05, 0.1) is 12.1 Å². The summed E-state index contributed by atoms with van der Waals surface area (Å²) in [5.74, 6) is 0.723. The topological polar surface area (TPSA) is 82.5 Å². The molecule has 0 spiro atoms. The Labute approximate surface area is 169 Å². The molecule has 3 heterocycles. The number of ether oxygens (including phenoxy) is 1. The van der Waals surface area contributed by atoms with E-state index in [0.717, 1.165) is 55.7 Å². The summed E-state index contributed by atoms with van der Waals surface area (Å²) >= 11 is 0. The minimum absolute atomic E-state index is 0.183. The lowest BCUT2D eigenvalue weighted by Crippen LogP contribution is -2.24. The molecule has 2 atom stereocenters. The average molecular weight is 391 g/mol. The number of likely N-dealkylation sites (tertiary alicyclic amines) is 1. The lowest BCUT2D eigenvalue weighted by Gasteiger charge is -2.15. The predicted octanol–water partition coefficient (Wildman–Crippen LogP) is 2.53. The fraction of sp³-hybridized carbons (Fsp3) is 0.364. The van der Waals surface area contributed by atoms with Crippen molar-refractivity contribution in [1.29, 1.82) is 0 Å². The van der Waals surface area contributed by atoms with Crippen LogP contribution in [0.25, 0.3) is 10.8 Å². The maximum atomic E-state index is 9.70. The number of aliphatic hydroxyl groups excluding tert-OH is 1. The maximum absolute atomic E-state index is 9.70. The number of aromatic nitrogens is 2. The summed E-state index contributed by atoms with van der Waals surface area (Å²) < 4.78 is 5.86. The number of nitrogens with zero attached hydrogens (tertiary/aromatic N) is 3. The van der Waals surface area contributed by atoms with Gasteiger partial charge in [-0.25, -0.2) is 9.97 Å². The van der Waals surface area contributed by atoms with Crippen molar-refractivity contribution in [3.63, 3.8) is 0 Å². The van der Waals surface area contributed by atoms with E-state index < -0.39 is 0 Å². The number of rotatable bonds is 5. The molecule has 1 unspecified atom stereocenters. The highest BCUT2D eigenvalue weighted by Crippen LogP contribution is 2.26. The Morgan fingerprint density at radius 2 is 1.90 bits per heavy atom. The van der Waals surface area contributed by atoms with Crippen LogP contribution in [0.4, 0.5) is 0 Å². The lowest BCUT2D eigenvalue weighted by molar-refractivity contribution is 0.175. The zero-order chi connectivity index (χ0) is 19.6. The van der Waals surface area contributed by atoms with Gasteiger partial charge in [-0.3, -0.25) is 15.8 Å². The Hall–Kier alpha value is -2.58. The molecule has 1 aromatic heterocycles. The molecule has 150 valence electrons. The van der Waals surface area contributed by atoms with Gasteiger partial charge in [-0.05, 0) is 47.4 Å². The van der Waals surface area contributed by atoms with Crippen LogP contribution >= 0.6 is 0 Å². The van der Waals surface area contributed by atoms with E-state index in [1.54, 1.807) is 0 Å². The second kappa shape index (κ2) is 8.04. The first-order valence-corrected chi connectivity index (χ1v) is 10.1. The van der Waals surface area contributed by atoms with Gasteiger partial charge < -0.3 is 9.84 Å². The highest BCUT2D eigenvalue weighted by molar-refractivity contribution is 5.84. The number of fused-ring (bicyclic) bond motifs is 1. The third-order valence-electron chi connectivity index (χ3n) is 5.62. The van der Waals surface area contributed by atoms with Gasteiger partial charge in [0, 0.05) is 44.1 Å². The normalized spacial score (nSPS) is 22.4. The summed E-state index contributed by atoms with van der Waals surface area (Å²) in [6.07, 6.45) is 5.34. The molecule has 7 nitrogen and oxygen atoms in total. The van der Waals surface area contributed by atoms with Crippen LogP contribution in [0.1, 0.15) is 30.0 Å². The maximum Gasteiger partial charge on any atom is 0.321 e. The molecular weight excluding hydrogens is 366 g/mol. The minimum atomic E-state index is -0.183. The minimum Gasteiger partial charge on any atom is -0.424 e. The van der Waals surface area contributed by atoms with Crippen molar-refractivity contribution in [3.8, 4) is 11.8 Å². The molecule has 3 aromatic rings. The standard InChI is InChI=1S/C22H25N5O2/c28-19-6-8-27(14-19)13-15-1-2-17-10-20(4-3-16(17)9-15)29-22-23-11-18(12-24-22)21-5-7-25-26-21/h1-4,9-12,19,21,25-26,28H,5-8,13-14H2/t19-,21?/m1/s1. The monoisotopic (exact) mass is 391 g/mol. The molecule has 0 amide bonds. The molecule has 3 N–H and O–H groups in total. The number of nitrogens with one attached hydrogen (secondary N) is 2. The second-order valence-electron chi connectivity index (χ2n) is 7.83. The number of hydrogen-bond acceptors (Lipinski definition) is 7. The van der Waals surface area contributed by atoms with Crippen LogP contribution in [-0.4, -0.2) is 45.7 Å². The van der Waals surface area contributed by atoms with Gasteiger partial charge in [0.2, 0.25) is 0 Å². The van der Waals surface area contributed by atoms with E-state index in [-0.39, 0.29) is 12.1 Å². The van der Waals surface area contributed by atoms with Crippen molar-refractivity contribution in [2.24, 2.45) is 0 Å². The lowest BCUT2D eigenvalue weighted by atomic mass is 10.1. The predicted molar refractivity (Wildman–Crippen MR) is 110 cm³/mol. The molecule has 2 fully saturated rings. The SMILES string of the molecule is O[C@@H]1CCN(Cc2ccc3cc(Oc4ncc(C5CCNN5)cn4)ccc3c2)C1. The number of hydrogen-bond donors (Lipinski definition) is 3. The van der Waals surface area contributed by atoms with Crippen molar-refractivity contribution in [2.75, 3.05) is 19.6 Å². The van der Waals surface area contributed by atoms with E-state index in [9.17, 15) is 5.11 Å². The van der Waals surface area contributed by atoms with Crippen molar-refractivity contribution >= 4 is 10.8 Å². The van der Waals surface area contributed by atoms with Gasteiger partial charge in [0.1, 0.15) is 5.75 Å². The van der Waals surface area contributed by atoms with Crippen molar-refractivity contribution in [1.82, 2.24) is 25.7 Å². The molecule has 29 heavy (non-hydrogen) atoms. The van der Waals surface area contributed by atoms with Crippen LogP contribution < -0.4 is 15.6 Å². The molecule has 2 saturated heterocycles. The van der Waals surface area contributed by atoms with Gasteiger partial charge in [-0.1, -0.05) is 18.2 Å². The Kier molecular flexibility index (Phi) is 5.12. The molecule has 0 aliphatic carbocycles. The second-order valence-corrected chi connectivity index (χ2v) is 7.83. The van der Waals surface area contributed by atoms with Crippen molar-refractivity contribution in [3.05, 3.63) is 59.9 Å². The third-order valence-corrected chi connectivity index (χ3v) is 5.62. The molecule has 0 radical (unpaired) electrons. The van der Waals surface area contributed by atoms with Crippen molar-refractivity contribution < 1.29 is 9.84 Å². The Morgan fingerprint density at radius 1 is 1.07 bits per heavy atom. The van der Waals surface area contributed by atoms with E-state index >= 15 is 0 Å². The van der Waals surface area contributed by atoms with Crippen LogP contribution in [0.2, 0.25) is 0 Å². The quantitative estimate of drug-likeness (QED) is 0.616. The smallest absolute Gasteiger partial charge is 0.321 e. The number of β-amino-alcohol motifs (C(OH)–C–C–N with tert-alkyl or cyclic N) is 1. The Balaban J connectivity index is 1.27. The van der Waals surface area contributed by atoms with Gasteiger partial charge in [-0.15, -0.1) is 0 Å². The fourth-order valence-electron chi connectivity index (χ4n) is 4.05. The molecule has 5 rings (SSSR count). The Morgan fingerprint density at radius 3 is 2.66 bits per heavy atom. The summed E-state index contributed by atoms with van der Waals surface area (Å²) in [6, 6.07) is 13.1. The summed E-state index contributed by atoms with van der Waals surface area (Å²) in [7, 11) is 0. The van der Waals surface area contributed by atoms with Gasteiger partial charge in [0.15, 0.2) is 0 Å². The van der Waals surface area contributed by atoms with E-state index in [1.807, 2.05) is 24.5 Å². The van der Waals surface area contributed by atoms with Gasteiger partial charge in [-0.2, -0.15) is 0 Å². The number of aliphatic hydroxyl groups is 1. The van der Waals surface area contributed by atoms with Crippen LogP contribution in [0.3, 0.4) is 0 Å². The molecule has 2 aliphatic heterocycles. The zero-order valence-electron chi connectivity index (χ0n) is 16.2. The summed E-state index contributed by atoms with van der Waals surface area (Å²) in [5, 5.41) is 12.0. The van der Waals surface area contributed by atoms with Crippen LogP contribution in [0.5, 0.6) is 11.8 Å². The molecule has 0 saturated carbocycles. The first-order valence-electron chi connectivity index (χ1n) is 10.1. The van der Waals surface area contributed by atoms with Gasteiger partial charge in [0.25, 0.3) is 0 Å². The summed E-state index contributed by atoms with van der Waals surface area (Å²) in [5.41, 5.74) is 8.64. The largest absolute Gasteiger partial charge is 0.424 e. The molecule has 0 bridgehead atoms. The van der Waals surface area contributed by atoms with E-state index in [0.29, 0.717) is 6.01 Å². The first kappa shape index (κ1) is 18.4. The highest BCUT2D eigenvalue weighted by atomic mass is 16.5. The third kappa shape index (κ3) is 4.23. The first-order chi connectivity index (χ1) is 14.2. The van der Waals surface area contributed by atoms with Crippen LogP contribution in [0, 0.1) is 0 Å². The summed E-state index contributed by atoms with van der Waals surface area (Å²) in [6.45, 7) is 3.54.